The summed E-state index contributed by atoms with van der Waals surface area (Å²) in [6.07, 6.45) is 0. The minimum absolute atomic E-state index is 0.119. The molecule has 1 aromatic rings. The highest BCUT2D eigenvalue weighted by Gasteiger charge is 2.23. The average Bonchev–Trinajstić information content (AvgIpc) is 2.17. The molecule has 0 saturated carbocycles. The molecular weight excluding hydrogens is 246 g/mol. The van der Waals surface area contributed by atoms with Gasteiger partial charge in [0, 0.05) is 14.1 Å². The summed E-state index contributed by atoms with van der Waals surface area (Å²) in [5.74, 6) is 0. The lowest BCUT2D eigenvalue weighted by Crippen LogP contribution is -2.46. The largest absolute Gasteiger partial charge is 0.354 e. The van der Waals surface area contributed by atoms with E-state index >= 15 is 0 Å². The first-order valence-corrected chi connectivity index (χ1v) is 6.34. The lowest BCUT2D eigenvalue weighted by atomic mass is 10.3. The molecule has 5 nitrogen and oxygen atoms in total. The highest BCUT2D eigenvalue weighted by molar-refractivity contribution is 7.93. The van der Waals surface area contributed by atoms with E-state index in [2.05, 4.69) is 0 Å². The molecule has 0 heterocycles. The van der Waals surface area contributed by atoms with Gasteiger partial charge in [0.05, 0.1) is 5.69 Å². The van der Waals surface area contributed by atoms with Gasteiger partial charge in [-0.2, -0.15) is 8.42 Å². The summed E-state index contributed by atoms with van der Waals surface area (Å²) in [4.78, 5) is 1.51. The van der Waals surface area contributed by atoms with Crippen LogP contribution in [0.1, 0.15) is 0 Å². The van der Waals surface area contributed by atoms with Gasteiger partial charge >= 0.3 is 10.2 Å². The molecule has 0 radical (unpaired) electrons. The van der Waals surface area contributed by atoms with Crippen molar-refractivity contribution in [2.24, 2.45) is 5.14 Å². The maximum Gasteiger partial charge on any atom is 0.305 e. The zero-order valence-corrected chi connectivity index (χ0v) is 10.6. The van der Waals surface area contributed by atoms with E-state index in [1.54, 1.807) is 44.4 Å². The van der Waals surface area contributed by atoms with Crippen LogP contribution in [0.4, 0.5) is 5.69 Å². The molecule has 16 heavy (non-hydrogen) atoms. The Balaban J connectivity index is 3.24. The summed E-state index contributed by atoms with van der Waals surface area (Å²) in [6, 6.07) is 8.46. The Bertz CT molecular complexity index is 471. The Hall–Kier alpha value is -1.18. The smallest absolute Gasteiger partial charge is 0.305 e. The third-order valence-electron chi connectivity index (χ3n) is 1.80. The molecule has 0 aromatic heterocycles. The number of hydrogen-bond acceptors (Lipinski definition) is 3. The van der Waals surface area contributed by atoms with Crippen LogP contribution in [0.15, 0.2) is 30.3 Å². The molecule has 7 heteroatoms. The normalized spacial score (nSPS) is 10.9. The van der Waals surface area contributed by atoms with E-state index in [0.717, 1.165) is 4.31 Å². The summed E-state index contributed by atoms with van der Waals surface area (Å²) in [7, 11) is -0.599. The lowest BCUT2D eigenvalue weighted by molar-refractivity contribution is 0.589. The van der Waals surface area contributed by atoms with Crippen molar-refractivity contribution in [2.45, 2.75) is 0 Å². The monoisotopic (exact) mass is 259 g/mol. The third-order valence-corrected chi connectivity index (χ3v) is 3.36. The Morgan fingerprint density at radius 2 is 1.75 bits per heavy atom. The van der Waals surface area contributed by atoms with E-state index in [-0.39, 0.29) is 5.11 Å². The Labute approximate surface area is 101 Å². The highest BCUT2D eigenvalue weighted by atomic mass is 32.2. The molecule has 0 aliphatic carbocycles. The van der Waals surface area contributed by atoms with E-state index in [1.165, 1.54) is 4.90 Å². The number of anilines is 1. The zero-order valence-electron chi connectivity index (χ0n) is 8.99. The van der Waals surface area contributed by atoms with Crippen LogP contribution in [0.3, 0.4) is 0 Å². The zero-order chi connectivity index (χ0) is 12.3. The first kappa shape index (κ1) is 12.9. The maximum absolute atomic E-state index is 11.5. The summed E-state index contributed by atoms with van der Waals surface area (Å²) >= 11 is 5.02. The first-order valence-electron chi connectivity index (χ1n) is 4.43. The topological polar surface area (TPSA) is 66.6 Å². The summed E-state index contributed by atoms with van der Waals surface area (Å²) < 4.78 is 23.9. The van der Waals surface area contributed by atoms with Crippen molar-refractivity contribution >= 4 is 33.2 Å². The van der Waals surface area contributed by atoms with Crippen LogP contribution in [-0.4, -0.2) is 32.5 Å². The molecular formula is C9H13N3O2S2. The number of hydrogen-bond donors (Lipinski definition) is 1. The second-order valence-electron chi connectivity index (χ2n) is 3.32. The molecule has 1 aromatic carbocycles. The summed E-state index contributed by atoms with van der Waals surface area (Å²) in [5.41, 5.74) is 0.420. The maximum atomic E-state index is 11.5. The Kier molecular flexibility index (Phi) is 3.84. The first-order chi connectivity index (χ1) is 7.34. The van der Waals surface area contributed by atoms with E-state index in [0.29, 0.717) is 5.69 Å². The van der Waals surface area contributed by atoms with E-state index in [1.807, 2.05) is 0 Å². The van der Waals surface area contributed by atoms with Gasteiger partial charge in [0.15, 0.2) is 5.11 Å². The lowest BCUT2D eigenvalue weighted by Gasteiger charge is -2.26. The molecule has 2 N–H and O–H groups in total. The number of benzene rings is 1. The van der Waals surface area contributed by atoms with Crippen molar-refractivity contribution < 1.29 is 8.42 Å². The average molecular weight is 259 g/mol. The predicted octanol–water partition coefficient (Wildman–Crippen LogP) is 0.543. The van der Waals surface area contributed by atoms with Gasteiger partial charge < -0.3 is 4.90 Å². The summed E-state index contributed by atoms with van der Waals surface area (Å²) in [5, 5.41) is 5.25. The van der Waals surface area contributed by atoms with Gasteiger partial charge in [0.25, 0.3) is 0 Å². The number of nitrogens with zero attached hydrogens (tertiary/aromatic N) is 2. The molecule has 0 saturated heterocycles. The summed E-state index contributed by atoms with van der Waals surface area (Å²) in [6.45, 7) is 0. The Morgan fingerprint density at radius 3 is 2.12 bits per heavy atom. The molecule has 0 aliphatic rings. The van der Waals surface area contributed by atoms with Crippen molar-refractivity contribution in [3.05, 3.63) is 30.3 Å². The van der Waals surface area contributed by atoms with Crippen molar-refractivity contribution in [3.8, 4) is 0 Å². The molecule has 0 unspecified atom stereocenters. The van der Waals surface area contributed by atoms with Crippen LogP contribution in [0, 0.1) is 0 Å². The second kappa shape index (κ2) is 4.77. The van der Waals surface area contributed by atoms with Crippen molar-refractivity contribution in [3.63, 3.8) is 0 Å². The van der Waals surface area contributed by atoms with Crippen LogP contribution in [-0.2, 0) is 10.2 Å². The fourth-order valence-electron chi connectivity index (χ4n) is 1.11. The molecule has 0 bridgehead atoms. The van der Waals surface area contributed by atoms with Crippen LogP contribution < -0.4 is 9.44 Å². The van der Waals surface area contributed by atoms with E-state index < -0.39 is 10.2 Å². The van der Waals surface area contributed by atoms with Crippen molar-refractivity contribution in [1.29, 1.82) is 0 Å². The van der Waals surface area contributed by atoms with Gasteiger partial charge in [-0.25, -0.2) is 9.44 Å². The van der Waals surface area contributed by atoms with Gasteiger partial charge in [-0.15, -0.1) is 0 Å². The highest BCUT2D eigenvalue weighted by Crippen LogP contribution is 2.17. The van der Waals surface area contributed by atoms with Crippen LogP contribution in [0.2, 0.25) is 0 Å². The fraction of sp³-hybridized carbons (Fsp3) is 0.222. The molecule has 0 fully saturated rings. The molecule has 1 rings (SSSR count). The SMILES string of the molecule is CN(C)C(=S)N(c1ccccc1)S(N)(=O)=O. The minimum Gasteiger partial charge on any atom is -0.354 e. The number of para-hydroxylation sites is 1. The van der Waals surface area contributed by atoms with Crippen LogP contribution >= 0.6 is 12.2 Å². The Morgan fingerprint density at radius 1 is 1.25 bits per heavy atom. The molecule has 0 spiro atoms. The molecule has 0 aliphatic heterocycles. The molecule has 88 valence electrons. The number of rotatable bonds is 2. The number of thiocarbonyl (C=S) groups is 1. The van der Waals surface area contributed by atoms with E-state index in [4.69, 9.17) is 17.4 Å². The predicted molar refractivity (Wildman–Crippen MR) is 68.3 cm³/mol. The van der Waals surface area contributed by atoms with E-state index in [9.17, 15) is 8.42 Å². The number of nitrogens with two attached hydrogens (primary N) is 1. The van der Waals surface area contributed by atoms with Gasteiger partial charge in [-0.1, -0.05) is 18.2 Å². The minimum atomic E-state index is -3.91. The van der Waals surface area contributed by atoms with Crippen molar-refractivity contribution in [2.75, 3.05) is 18.4 Å². The van der Waals surface area contributed by atoms with Crippen LogP contribution in [0.25, 0.3) is 0 Å². The van der Waals surface area contributed by atoms with Gasteiger partial charge in [-0.05, 0) is 24.4 Å². The fourth-order valence-corrected chi connectivity index (χ4v) is 2.32. The third kappa shape index (κ3) is 2.91. The quantitative estimate of drug-likeness (QED) is 0.787. The standard InChI is InChI=1S/C9H13N3O2S2/c1-11(2)9(15)12(16(10,13)14)8-6-4-3-5-7-8/h3-7H,1-2H3,(H2,10,13,14). The van der Waals surface area contributed by atoms with Gasteiger partial charge in [0.2, 0.25) is 0 Å². The molecule has 0 atom stereocenters. The van der Waals surface area contributed by atoms with Crippen LogP contribution in [0.5, 0.6) is 0 Å². The molecule has 0 amide bonds. The van der Waals surface area contributed by atoms with Crippen molar-refractivity contribution in [1.82, 2.24) is 4.90 Å². The van der Waals surface area contributed by atoms with Gasteiger partial charge in [0.1, 0.15) is 0 Å². The second-order valence-corrected chi connectivity index (χ2v) is 5.08. The van der Waals surface area contributed by atoms with Gasteiger partial charge in [-0.3, -0.25) is 0 Å².